The molecule has 0 fully saturated rings. The highest BCUT2D eigenvalue weighted by atomic mass is 16.5. The van der Waals surface area contributed by atoms with Crippen LogP contribution in [0.1, 0.15) is 39.5 Å². The van der Waals surface area contributed by atoms with Crippen LogP contribution in [0.2, 0.25) is 0 Å². The van der Waals surface area contributed by atoms with Crippen molar-refractivity contribution in [2.75, 3.05) is 7.11 Å². The number of rotatable bonds is 7. The van der Waals surface area contributed by atoms with Gasteiger partial charge in [0.2, 0.25) is 0 Å². The van der Waals surface area contributed by atoms with Crippen LogP contribution in [0.3, 0.4) is 0 Å². The van der Waals surface area contributed by atoms with Crippen LogP contribution in [0.5, 0.6) is 0 Å². The largest absolute Gasteiger partial charge is 0.381 e. The van der Waals surface area contributed by atoms with Gasteiger partial charge in [0.25, 0.3) is 0 Å². The molecule has 13 heavy (non-hydrogen) atoms. The zero-order valence-electron chi connectivity index (χ0n) is 8.88. The SMILES string of the molecule is CCCCC(CC(C)=CC=O)OC. The van der Waals surface area contributed by atoms with Gasteiger partial charge in [-0.25, -0.2) is 0 Å². The Morgan fingerprint density at radius 2 is 2.23 bits per heavy atom. The molecule has 0 heterocycles. The third-order valence-corrected chi connectivity index (χ3v) is 2.12. The molecule has 0 radical (unpaired) electrons. The lowest BCUT2D eigenvalue weighted by Crippen LogP contribution is -2.10. The van der Waals surface area contributed by atoms with Gasteiger partial charge in [0.1, 0.15) is 6.29 Å². The molecular formula is C11H20O2. The molecule has 0 aliphatic carbocycles. The molecule has 0 spiro atoms. The summed E-state index contributed by atoms with van der Waals surface area (Å²) in [5, 5.41) is 0. The Bertz CT molecular complexity index is 161. The summed E-state index contributed by atoms with van der Waals surface area (Å²) in [7, 11) is 1.73. The van der Waals surface area contributed by atoms with Crippen molar-refractivity contribution < 1.29 is 9.53 Å². The van der Waals surface area contributed by atoms with Gasteiger partial charge in [0, 0.05) is 7.11 Å². The van der Waals surface area contributed by atoms with E-state index in [1.165, 1.54) is 12.8 Å². The summed E-state index contributed by atoms with van der Waals surface area (Å²) in [4.78, 5) is 10.2. The normalized spacial score (nSPS) is 14.2. The maximum Gasteiger partial charge on any atom is 0.142 e. The Morgan fingerprint density at radius 3 is 2.69 bits per heavy atom. The predicted octanol–water partition coefficient (Wildman–Crippen LogP) is 2.73. The second kappa shape index (κ2) is 7.99. The summed E-state index contributed by atoms with van der Waals surface area (Å²) in [6.07, 6.45) is 7.05. The van der Waals surface area contributed by atoms with Gasteiger partial charge >= 0.3 is 0 Å². The molecular weight excluding hydrogens is 164 g/mol. The van der Waals surface area contributed by atoms with E-state index in [1.807, 2.05) is 6.92 Å². The molecule has 2 nitrogen and oxygen atoms in total. The standard InChI is InChI=1S/C11H20O2/c1-4-5-6-11(13-3)9-10(2)7-8-12/h7-8,11H,4-6,9H2,1-3H3. The molecule has 0 aliphatic rings. The molecule has 0 saturated heterocycles. The fourth-order valence-electron chi connectivity index (χ4n) is 1.28. The van der Waals surface area contributed by atoms with E-state index in [2.05, 4.69) is 6.92 Å². The first-order valence-electron chi connectivity index (χ1n) is 4.88. The zero-order chi connectivity index (χ0) is 10.1. The second-order valence-corrected chi connectivity index (χ2v) is 3.35. The maximum absolute atomic E-state index is 10.2. The van der Waals surface area contributed by atoms with Crippen LogP contribution in [-0.4, -0.2) is 19.5 Å². The first-order chi connectivity index (χ1) is 6.24. The molecule has 0 aromatic carbocycles. The fourth-order valence-corrected chi connectivity index (χ4v) is 1.28. The molecule has 0 rings (SSSR count). The van der Waals surface area contributed by atoms with Crippen LogP contribution in [0.15, 0.2) is 11.6 Å². The molecule has 0 aromatic heterocycles. The number of allylic oxidation sites excluding steroid dienone is 1. The van der Waals surface area contributed by atoms with E-state index in [0.717, 1.165) is 24.7 Å². The Balaban J connectivity index is 3.82. The number of ether oxygens (including phenoxy) is 1. The van der Waals surface area contributed by atoms with Crippen molar-refractivity contribution in [3.63, 3.8) is 0 Å². The van der Waals surface area contributed by atoms with Crippen LogP contribution in [-0.2, 0) is 9.53 Å². The Morgan fingerprint density at radius 1 is 1.54 bits per heavy atom. The molecule has 0 aromatic rings. The molecule has 2 heteroatoms. The molecule has 0 bridgehead atoms. The third-order valence-electron chi connectivity index (χ3n) is 2.12. The highest BCUT2D eigenvalue weighted by Gasteiger charge is 2.06. The molecule has 0 saturated carbocycles. The Labute approximate surface area is 81.0 Å². The third kappa shape index (κ3) is 6.52. The lowest BCUT2D eigenvalue weighted by atomic mass is 10.0. The maximum atomic E-state index is 10.2. The van der Waals surface area contributed by atoms with E-state index >= 15 is 0 Å². The van der Waals surface area contributed by atoms with E-state index in [1.54, 1.807) is 13.2 Å². The van der Waals surface area contributed by atoms with Crippen LogP contribution < -0.4 is 0 Å². The minimum Gasteiger partial charge on any atom is -0.381 e. The van der Waals surface area contributed by atoms with Crippen LogP contribution in [0, 0.1) is 0 Å². The lowest BCUT2D eigenvalue weighted by Gasteiger charge is -2.14. The number of carbonyl (C=O) groups is 1. The fraction of sp³-hybridized carbons (Fsp3) is 0.727. The molecule has 76 valence electrons. The highest BCUT2D eigenvalue weighted by Crippen LogP contribution is 2.13. The minimum absolute atomic E-state index is 0.274. The summed E-state index contributed by atoms with van der Waals surface area (Å²) >= 11 is 0. The number of unbranched alkanes of at least 4 members (excludes halogenated alkanes) is 1. The van der Waals surface area contributed by atoms with E-state index < -0.39 is 0 Å². The highest BCUT2D eigenvalue weighted by molar-refractivity contribution is 5.65. The van der Waals surface area contributed by atoms with Crippen molar-refractivity contribution >= 4 is 6.29 Å². The summed E-state index contributed by atoms with van der Waals surface area (Å²) in [6, 6.07) is 0. The summed E-state index contributed by atoms with van der Waals surface area (Å²) in [5.74, 6) is 0. The number of hydrogen-bond donors (Lipinski definition) is 0. The number of aldehydes is 1. The van der Waals surface area contributed by atoms with Crippen LogP contribution in [0.25, 0.3) is 0 Å². The molecule has 0 amide bonds. The van der Waals surface area contributed by atoms with E-state index in [-0.39, 0.29) is 6.10 Å². The lowest BCUT2D eigenvalue weighted by molar-refractivity contribution is -0.104. The van der Waals surface area contributed by atoms with Crippen molar-refractivity contribution in [2.24, 2.45) is 0 Å². The van der Waals surface area contributed by atoms with Crippen LogP contribution in [0.4, 0.5) is 0 Å². The average molecular weight is 184 g/mol. The predicted molar refractivity (Wildman–Crippen MR) is 54.8 cm³/mol. The van der Waals surface area contributed by atoms with Crippen molar-refractivity contribution in [2.45, 2.75) is 45.6 Å². The van der Waals surface area contributed by atoms with Gasteiger partial charge in [-0.05, 0) is 25.8 Å². The van der Waals surface area contributed by atoms with E-state index in [9.17, 15) is 4.79 Å². The minimum atomic E-state index is 0.274. The number of carbonyl (C=O) groups excluding carboxylic acids is 1. The number of hydrogen-bond acceptors (Lipinski definition) is 2. The zero-order valence-corrected chi connectivity index (χ0v) is 8.88. The van der Waals surface area contributed by atoms with Crippen molar-refractivity contribution in [1.29, 1.82) is 0 Å². The Hall–Kier alpha value is -0.630. The quantitative estimate of drug-likeness (QED) is 0.449. The van der Waals surface area contributed by atoms with E-state index in [0.29, 0.717) is 0 Å². The topological polar surface area (TPSA) is 26.3 Å². The summed E-state index contributed by atoms with van der Waals surface area (Å²) in [5.41, 5.74) is 1.10. The van der Waals surface area contributed by atoms with Gasteiger partial charge in [0.05, 0.1) is 6.10 Å². The number of methoxy groups -OCH3 is 1. The summed E-state index contributed by atoms with van der Waals surface area (Å²) < 4.78 is 5.31. The summed E-state index contributed by atoms with van der Waals surface area (Å²) in [6.45, 7) is 4.13. The van der Waals surface area contributed by atoms with Crippen LogP contribution >= 0.6 is 0 Å². The van der Waals surface area contributed by atoms with Crippen molar-refractivity contribution in [3.05, 3.63) is 11.6 Å². The van der Waals surface area contributed by atoms with Gasteiger partial charge < -0.3 is 4.74 Å². The van der Waals surface area contributed by atoms with Gasteiger partial charge in [-0.15, -0.1) is 0 Å². The van der Waals surface area contributed by atoms with E-state index in [4.69, 9.17) is 4.74 Å². The molecule has 1 unspecified atom stereocenters. The first-order valence-corrected chi connectivity index (χ1v) is 4.88. The first kappa shape index (κ1) is 12.4. The smallest absolute Gasteiger partial charge is 0.142 e. The van der Waals surface area contributed by atoms with Gasteiger partial charge in [-0.3, -0.25) is 4.79 Å². The molecule has 1 atom stereocenters. The van der Waals surface area contributed by atoms with Gasteiger partial charge in [-0.1, -0.05) is 25.3 Å². The van der Waals surface area contributed by atoms with Gasteiger partial charge in [-0.2, -0.15) is 0 Å². The Kier molecular flexibility index (Phi) is 7.60. The average Bonchev–Trinajstić information content (AvgIpc) is 2.12. The van der Waals surface area contributed by atoms with Crippen molar-refractivity contribution in [3.8, 4) is 0 Å². The van der Waals surface area contributed by atoms with Gasteiger partial charge in [0.15, 0.2) is 0 Å². The second-order valence-electron chi connectivity index (χ2n) is 3.35. The van der Waals surface area contributed by atoms with Crippen molar-refractivity contribution in [1.82, 2.24) is 0 Å². The molecule has 0 aliphatic heterocycles. The monoisotopic (exact) mass is 184 g/mol. The molecule has 0 N–H and O–H groups in total.